The van der Waals surface area contributed by atoms with Gasteiger partial charge in [0.25, 0.3) is 0 Å². The van der Waals surface area contributed by atoms with Crippen LogP contribution < -0.4 is 5.32 Å². The van der Waals surface area contributed by atoms with Crippen molar-refractivity contribution in [3.8, 4) is 11.4 Å². The van der Waals surface area contributed by atoms with E-state index in [2.05, 4.69) is 25.5 Å². The van der Waals surface area contributed by atoms with Crippen LogP contribution in [0.15, 0.2) is 47.9 Å². The number of H-pyrrole nitrogens is 1. The molecule has 6 nitrogen and oxygen atoms in total. The van der Waals surface area contributed by atoms with Gasteiger partial charge in [-0.05, 0) is 30.3 Å². The van der Waals surface area contributed by atoms with Crippen LogP contribution in [0.1, 0.15) is 0 Å². The van der Waals surface area contributed by atoms with Crippen molar-refractivity contribution in [2.24, 2.45) is 0 Å². The Hall–Kier alpha value is -2.09. The van der Waals surface area contributed by atoms with E-state index in [1.165, 1.54) is 11.8 Å². The zero-order valence-corrected chi connectivity index (χ0v) is 14.5. The second-order valence-electron chi connectivity index (χ2n) is 4.66. The van der Waals surface area contributed by atoms with Gasteiger partial charge in [-0.25, -0.2) is 4.98 Å². The zero-order chi connectivity index (χ0) is 16.9. The van der Waals surface area contributed by atoms with Crippen LogP contribution in [-0.4, -0.2) is 31.8 Å². The second-order valence-corrected chi connectivity index (χ2v) is 6.45. The van der Waals surface area contributed by atoms with Crippen molar-refractivity contribution in [2.45, 2.75) is 5.16 Å². The number of amides is 1. The van der Waals surface area contributed by atoms with Crippen LogP contribution in [0.5, 0.6) is 0 Å². The molecule has 0 fully saturated rings. The molecular weight excluding hydrogens is 369 g/mol. The number of aromatic amines is 1. The van der Waals surface area contributed by atoms with Gasteiger partial charge < -0.3 is 5.32 Å². The van der Waals surface area contributed by atoms with E-state index in [4.69, 9.17) is 23.2 Å². The molecule has 0 radical (unpaired) electrons. The highest BCUT2D eigenvalue weighted by atomic mass is 35.5. The number of nitrogens with zero attached hydrogens (tertiary/aromatic N) is 3. The maximum Gasteiger partial charge on any atom is 0.234 e. The third-order valence-corrected chi connectivity index (χ3v) is 4.37. The standard InChI is InChI=1S/C15H11Cl2N5OS/c16-10-1-2-11(17)12(7-10)19-13(23)8-24-15-20-14(21-22-15)9-3-5-18-6-4-9/h1-7H,8H2,(H,19,23)(H,20,21,22). The van der Waals surface area contributed by atoms with Crippen molar-refractivity contribution in [1.82, 2.24) is 20.2 Å². The molecule has 2 heterocycles. The van der Waals surface area contributed by atoms with Crippen molar-refractivity contribution in [3.63, 3.8) is 0 Å². The van der Waals surface area contributed by atoms with E-state index < -0.39 is 0 Å². The van der Waals surface area contributed by atoms with E-state index in [9.17, 15) is 4.79 Å². The molecule has 0 aliphatic rings. The summed E-state index contributed by atoms with van der Waals surface area (Å²) in [7, 11) is 0. The fraction of sp³-hybridized carbons (Fsp3) is 0.0667. The highest BCUT2D eigenvalue weighted by Gasteiger charge is 2.10. The maximum absolute atomic E-state index is 12.0. The molecule has 0 saturated heterocycles. The minimum absolute atomic E-state index is 0.149. The number of carbonyl (C=O) groups is 1. The quantitative estimate of drug-likeness (QED) is 0.656. The van der Waals surface area contributed by atoms with Crippen LogP contribution in [0.2, 0.25) is 10.0 Å². The van der Waals surface area contributed by atoms with E-state index >= 15 is 0 Å². The summed E-state index contributed by atoms with van der Waals surface area (Å²) in [5, 5.41) is 11.0. The third kappa shape index (κ3) is 4.25. The molecule has 1 amide bonds. The summed E-state index contributed by atoms with van der Waals surface area (Å²) in [5.41, 5.74) is 1.35. The van der Waals surface area contributed by atoms with Crippen molar-refractivity contribution in [3.05, 3.63) is 52.8 Å². The number of nitrogens with one attached hydrogen (secondary N) is 2. The molecule has 0 bridgehead atoms. The minimum Gasteiger partial charge on any atom is -0.324 e. The van der Waals surface area contributed by atoms with Crippen molar-refractivity contribution < 1.29 is 4.79 Å². The Bertz CT molecular complexity index is 856. The van der Waals surface area contributed by atoms with Gasteiger partial charge in [0.15, 0.2) is 5.82 Å². The Balaban J connectivity index is 1.59. The molecule has 3 aromatic rings. The predicted octanol–water partition coefficient (Wildman–Crippen LogP) is 3.90. The van der Waals surface area contributed by atoms with E-state index in [0.29, 0.717) is 26.7 Å². The molecule has 0 aliphatic carbocycles. The summed E-state index contributed by atoms with van der Waals surface area (Å²) in [6.45, 7) is 0. The lowest BCUT2D eigenvalue weighted by Gasteiger charge is -2.06. The van der Waals surface area contributed by atoms with Gasteiger partial charge >= 0.3 is 0 Å². The Morgan fingerprint density at radius 2 is 2.00 bits per heavy atom. The summed E-state index contributed by atoms with van der Waals surface area (Å²) < 4.78 is 0. The highest BCUT2D eigenvalue weighted by Crippen LogP contribution is 2.26. The van der Waals surface area contributed by atoms with Crippen LogP contribution in [0.4, 0.5) is 5.69 Å². The van der Waals surface area contributed by atoms with E-state index in [1.54, 1.807) is 30.6 Å². The smallest absolute Gasteiger partial charge is 0.234 e. The number of pyridine rings is 1. The number of hydrogen-bond donors (Lipinski definition) is 2. The van der Waals surface area contributed by atoms with Crippen molar-refractivity contribution >= 4 is 46.6 Å². The van der Waals surface area contributed by atoms with Gasteiger partial charge in [0, 0.05) is 23.0 Å². The summed E-state index contributed by atoms with van der Waals surface area (Å²) in [4.78, 5) is 20.3. The van der Waals surface area contributed by atoms with Crippen LogP contribution in [0.3, 0.4) is 0 Å². The van der Waals surface area contributed by atoms with Gasteiger partial charge in [-0.3, -0.25) is 14.9 Å². The monoisotopic (exact) mass is 379 g/mol. The average molecular weight is 380 g/mol. The molecule has 0 atom stereocenters. The van der Waals surface area contributed by atoms with Crippen molar-refractivity contribution in [1.29, 1.82) is 0 Å². The third-order valence-electron chi connectivity index (χ3n) is 2.95. The molecule has 0 saturated carbocycles. The largest absolute Gasteiger partial charge is 0.324 e. The molecule has 2 N–H and O–H groups in total. The Morgan fingerprint density at radius 3 is 2.79 bits per heavy atom. The van der Waals surface area contributed by atoms with Gasteiger partial charge in [0.2, 0.25) is 11.1 Å². The highest BCUT2D eigenvalue weighted by molar-refractivity contribution is 7.99. The first kappa shape index (κ1) is 16.8. The lowest BCUT2D eigenvalue weighted by molar-refractivity contribution is -0.113. The SMILES string of the molecule is O=C(CSc1n[nH]c(-c2ccncc2)n1)Nc1cc(Cl)ccc1Cl. The number of hydrogen-bond acceptors (Lipinski definition) is 5. The average Bonchev–Trinajstić information content (AvgIpc) is 3.06. The summed E-state index contributed by atoms with van der Waals surface area (Å²) >= 11 is 13.1. The maximum atomic E-state index is 12.0. The van der Waals surface area contributed by atoms with Crippen LogP contribution in [0.25, 0.3) is 11.4 Å². The Morgan fingerprint density at radius 1 is 1.21 bits per heavy atom. The predicted molar refractivity (Wildman–Crippen MR) is 95.4 cm³/mol. The molecule has 3 rings (SSSR count). The van der Waals surface area contributed by atoms with Gasteiger partial charge in [-0.1, -0.05) is 35.0 Å². The van der Waals surface area contributed by atoms with Crippen LogP contribution in [-0.2, 0) is 4.79 Å². The number of thioether (sulfide) groups is 1. The molecule has 9 heteroatoms. The second kappa shape index (κ2) is 7.65. The van der Waals surface area contributed by atoms with Gasteiger partial charge in [-0.2, -0.15) is 0 Å². The van der Waals surface area contributed by atoms with E-state index in [1.807, 2.05) is 12.1 Å². The molecule has 0 unspecified atom stereocenters. The molecule has 2 aromatic heterocycles. The first-order valence-electron chi connectivity index (χ1n) is 6.82. The number of rotatable bonds is 5. The topological polar surface area (TPSA) is 83.6 Å². The number of benzene rings is 1. The molecule has 122 valence electrons. The molecule has 0 spiro atoms. The summed E-state index contributed by atoms with van der Waals surface area (Å²) in [6.07, 6.45) is 3.35. The van der Waals surface area contributed by atoms with Gasteiger partial charge in [0.05, 0.1) is 16.5 Å². The normalized spacial score (nSPS) is 10.6. The first-order chi connectivity index (χ1) is 11.6. The first-order valence-corrected chi connectivity index (χ1v) is 8.56. The lowest BCUT2D eigenvalue weighted by Crippen LogP contribution is -2.14. The Labute approximate surface area is 152 Å². The van der Waals surface area contributed by atoms with E-state index in [-0.39, 0.29) is 11.7 Å². The summed E-state index contributed by atoms with van der Waals surface area (Å²) in [6, 6.07) is 8.53. The minimum atomic E-state index is -0.223. The van der Waals surface area contributed by atoms with E-state index in [0.717, 1.165) is 5.56 Å². The number of aromatic nitrogens is 4. The number of anilines is 1. The Kier molecular flexibility index (Phi) is 5.34. The lowest BCUT2D eigenvalue weighted by atomic mass is 10.3. The van der Waals surface area contributed by atoms with Crippen LogP contribution in [0, 0.1) is 0 Å². The molecule has 1 aromatic carbocycles. The van der Waals surface area contributed by atoms with Gasteiger partial charge in [0.1, 0.15) is 0 Å². The molecule has 24 heavy (non-hydrogen) atoms. The van der Waals surface area contributed by atoms with Crippen LogP contribution >= 0.6 is 35.0 Å². The molecule has 0 aliphatic heterocycles. The zero-order valence-electron chi connectivity index (χ0n) is 12.2. The fourth-order valence-corrected chi connectivity index (χ4v) is 2.79. The van der Waals surface area contributed by atoms with Gasteiger partial charge in [-0.15, -0.1) is 5.10 Å². The number of halogens is 2. The fourth-order valence-electron chi connectivity index (χ4n) is 1.86. The molecular formula is C15H11Cl2N5OS. The number of carbonyl (C=O) groups excluding carboxylic acids is 1. The van der Waals surface area contributed by atoms with Crippen molar-refractivity contribution in [2.75, 3.05) is 11.1 Å². The summed E-state index contributed by atoms with van der Waals surface area (Å²) in [5.74, 6) is 0.550.